The van der Waals surface area contributed by atoms with Gasteiger partial charge >= 0.3 is 0 Å². The molecule has 0 aromatic heterocycles. The van der Waals surface area contributed by atoms with Gasteiger partial charge in [-0.3, -0.25) is 9.69 Å². The van der Waals surface area contributed by atoms with Crippen LogP contribution in [-0.4, -0.2) is 69.5 Å². The van der Waals surface area contributed by atoms with E-state index in [2.05, 4.69) is 51.5 Å². The van der Waals surface area contributed by atoms with E-state index in [0.717, 1.165) is 59.4 Å². The van der Waals surface area contributed by atoms with Crippen molar-refractivity contribution in [2.75, 3.05) is 32.7 Å². The molecule has 0 saturated carbocycles. The van der Waals surface area contributed by atoms with E-state index in [1.807, 2.05) is 36.4 Å². The third-order valence-electron chi connectivity index (χ3n) is 9.43. The number of alkyl halides is 3. The highest BCUT2D eigenvalue weighted by molar-refractivity contribution is 6.76. The maximum atomic E-state index is 12.1. The molecular weight excluding hydrogens is 645 g/mol. The zero-order valence-corrected chi connectivity index (χ0v) is 28.2. The van der Waals surface area contributed by atoms with Crippen molar-refractivity contribution in [1.29, 1.82) is 0 Å². The van der Waals surface area contributed by atoms with E-state index in [-0.39, 0.29) is 25.4 Å². The van der Waals surface area contributed by atoms with Crippen LogP contribution in [0.3, 0.4) is 0 Å². The van der Waals surface area contributed by atoms with E-state index in [1.165, 1.54) is 38.8 Å². The molecule has 3 aromatic carbocycles. The van der Waals surface area contributed by atoms with Gasteiger partial charge in [0.2, 0.25) is 0 Å². The fourth-order valence-corrected chi connectivity index (χ4v) is 7.15. The Balaban J connectivity index is 1.19. The minimum atomic E-state index is -2.02. The highest BCUT2D eigenvalue weighted by Gasteiger charge is 2.36. The van der Waals surface area contributed by atoms with E-state index in [1.54, 1.807) is 0 Å². The van der Waals surface area contributed by atoms with Crippen molar-refractivity contribution < 1.29 is 19.4 Å². The van der Waals surface area contributed by atoms with Gasteiger partial charge in [-0.25, -0.2) is 0 Å². The zero-order valence-electron chi connectivity index (χ0n) is 25.9. The molecule has 2 N–H and O–H groups in total. The second-order valence-electron chi connectivity index (χ2n) is 12.6. The highest BCUT2D eigenvalue weighted by atomic mass is 35.6. The lowest BCUT2D eigenvalue weighted by atomic mass is 9.97. The lowest BCUT2D eigenvalue weighted by molar-refractivity contribution is -0.253. The average Bonchev–Trinajstić information content (AvgIpc) is 3.75. The number of carbonyl (C=O) groups is 1. The number of aliphatic hydroxyl groups is 1. The Morgan fingerprint density at radius 1 is 0.870 bits per heavy atom. The summed E-state index contributed by atoms with van der Waals surface area (Å²) in [5.74, 6) is -0.666. The monoisotopic (exact) mass is 685 g/mol. The van der Waals surface area contributed by atoms with Crippen LogP contribution in [0.1, 0.15) is 66.8 Å². The van der Waals surface area contributed by atoms with E-state index >= 15 is 0 Å². The molecule has 3 aliphatic heterocycles. The molecule has 46 heavy (non-hydrogen) atoms. The van der Waals surface area contributed by atoms with Gasteiger partial charge in [0.05, 0.1) is 18.8 Å². The van der Waals surface area contributed by atoms with E-state index < -0.39 is 16.0 Å². The molecule has 0 radical (unpaired) electrons. The highest BCUT2D eigenvalue weighted by Crippen LogP contribution is 2.39. The predicted octanol–water partition coefficient (Wildman–Crippen LogP) is 6.94. The Kier molecular flexibility index (Phi) is 11.2. The van der Waals surface area contributed by atoms with E-state index in [9.17, 15) is 9.90 Å². The molecule has 246 valence electrons. The van der Waals surface area contributed by atoms with Crippen LogP contribution in [-0.2, 0) is 27.4 Å². The molecule has 1 amide bonds. The second-order valence-corrected chi connectivity index (χ2v) is 14.9. The number of aliphatic hydroxyl groups excluding tert-OH is 1. The lowest BCUT2D eigenvalue weighted by Gasteiger charge is -2.39. The van der Waals surface area contributed by atoms with Gasteiger partial charge in [0.25, 0.3) is 9.70 Å². The van der Waals surface area contributed by atoms with Gasteiger partial charge in [0.1, 0.15) is 0 Å². The van der Waals surface area contributed by atoms with Crippen LogP contribution in [0.15, 0.2) is 72.8 Å². The standard InChI is InChI=1S/C36H42Cl3N3O4/c37-36(38,39)35(44)40-21-29-6-1-2-8-32(29)26-13-15-28(16-14-26)34-45-31(20-33(46-34)27-11-9-25(24-43)10-12-27)23-42-19-5-7-30(42)22-41-17-3-4-18-41/h1-2,6,8-16,30-31,33-34,43H,3-5,7,17-24H2,(H,40,44). The Bertz CT molecular complexity index is 1440. The number of benzene rings is 3. The SMILES string of the molecule is O=C(NCc1ccccc1-c1ccc(C2OC(CN3CCCC3CN3CCCC3)CC(c3ccc(CO)cc3)O2)cc1)C(Cl)(Cl)Cl. The van der Waals surface area contributed by atoms with Crippen molar-refractivity contribution in [1.82, 2.24) is 15.1 Å². The third kappa shape index (κ3) is 8.44. The van der Waals surface area contributed by atoms with Gasteiger partial charge in [-0.1, -0.05) is 108 Å². The second kappa shape index (κ2) is 15.3. The number of likely N-dealkylation sites (tertiary alicyclic amines) is 2. The summed E-state index contributed by atoms with van der Waals surface area (Å²) < 4.78 is 11.3. The third-order valence-corrected chi connectivity index (χ3v) is 9.94. The van der Waals surface area contributed by atoms with Crippen molar-refractivity contribution in [2.45, 2.75) is 73.6 Å². The summed E-state index contributed by atoms with van der Waals surface area (Å²) in [4.78, 5) is 17.4. The topological polar surface area (TPSA) is 74.3 Å². The zero-order chi connectivity index (χ0) is 32.1. The molecule has 0 spiro atoms. The van der Waals surface area contributed by atoms with Crippen molar-refractivity contribution in [3.63, 3.8) is 0 Å². The molecule has 3 saturated heterocycles. The fraction of sp³-hybridized carbons (Fsp3) is 0.472. The van der Waals surface area contributed by atoms with Crippen LogP contribution in [0.25, 0.3) is 11.1 Å². The molecule has 3 heterocycles. The summed E-state index contributed by atoms with van der Waals surface area (Å²) in [6.45, 7) is 5.82. The quantitative estimate of drug-likeness (QED) is 0.225. The number of carbonyl (C=O) groups excluding carboxylic acids is 1. The number of rotatable bonds is 10. The van der Waals surface area contributed by atoms with Crippen molar-refractivity contribution in [3.05, 3.63) is 95.1 Å². The van der Waals surface area contributed by atoms with E-state index in [0.29, 0.717) is 6.04 Å². The largest absolute Gasteiger partial charge is 0.392 e. The summed E-state index contributed by atoms with van der Waals surface area (Å²) in [5, 5.41) is 12.3. The number of nitrogens with zero attached hydrogens (tertiary/aromatic N) is 2. The lowest BCUT2D eigenvalue weighted by Crippen LogP contribution is -2.45. The molecule has 10 heteroatoms. The Morgan fingerprint density at radius 2 is 1.59 bits per heavy atom. The minimum absolute atomic E-state index is 0.0161. The van der Waals surface area contributed by atoms with Gasteiger partial charge in [-0.2, -0.15) is 0 Å². The summed E-state index contributed by atoms with van der Waals surface area (Å²) in [6, 6.07) is 24.7. The van der Waals surface area contributed by atoms with Crippen LogP contribution in [0.5, 0.6) is 0 Å². The molecular formula is C36H42Cl3N3O4. The number of amides is 1. The maximum Gasteiger partial charge on any atom is 0.272 e. The summed E-state index contributed by atoms with van der Waals surface area (Å²) in [7, 11) is 0. The first-order valence-corrected chi connectivity index (χ1v) is 17.4. The molecule has 3 fully saturated rings. The van der Waals surface area contributed by atoms with Crippen LogP contribution in [0.2, 0.25) is 0 Å². The van der Waals surface area contributed by atoms with Crippen molar-refractivity contribution >= 4 is 40.7 Å². The number of ether oxygens (including phenoxy) is 2. The molecule has 4 unspecified atom stereocenters. The molecule has 4 atom stereocenters. The van der Waals surface area contributed by atoms with Gasteiger partial charge in [-0.05, 0) is 73.1 Å². The van der Waals surface area contributed by atoms with Gasteiger partial charge < -0.3 is 24.8 Å². The first-order chi connectivity index (χ1) is 22.3. The molecule has 7 nitrogen and oxygen atoms in total. The summed E-state index contributed by atoms with van der Waals surface area (Å²) >= 11 is 17.2. The number of halogens is 3. The molecule has 3 aromatic rings. The summed E-state index contributed by atoms with van der Waals surface area (Å²) in [5.41, 5.74) is 5.79. The summed E-state index contributed by atoms with van der Waals surface area (Å²) in [6.07, 6.45) is 5.24. The van der Waals surface area contributed by atoms with Crippen LogP contribution < -0.4 is 5.32 Å². The van der Waals surface area contributed by atoms with Gasteiger partial charge in [-0.15, -0.1) is 0 Å². The normalized spacial score (nSPS) is 24.3. The molecule has 6 rings (SSSR count). The van der Waals surface area contributed by atoms with Crippen LogP contribution in [0, 0.1) is 0 Å². The number of hydrogen-bond acceptors (Lipinski definition) is 6. The Morgan fingerprint density at radius 3 is 2.30 bits per heavy atom. The van der Waals surface area contributed by atoms with Crippen molar-refractivity contribution in [2.24, 2.45) is 0 Å². The van der Waals surface area contributed by atoms with Gasteiger partial charge in [0, 0.05) is 37.7 Å². The molecule has 0 aliphatic carbocycles. The Labute approximate surface area is 286 Å². The van der Waals surface area contributed by atoms with Crippen molar-refractivity contribution in [3.8, 4) is 11.1 Å². The number of hydrogen-bond donors (Lipinski definition) is 2. The van der Waals surface area contributed by atoms with Crippen LogP contribution >= 0.6 is 34.8 Å². The van der Waals surface area contributed by atoms with E-state index in [4.69, 9.17) is 44.3 Å². The smallest absolute Gasteiger partial charge is 0.272 e. The Hall–Kier alpha value is -2.20. The first-order valence-electron chi connectivity index (χ1n) is 16.3. The van der Waals surface area contributed by atoms with Gasteiger partial charge in [0.15, 0.2) is 6.29 Å². The molecule has 3 aliphatic rings. The average molecular weight is 687 g/mol. The predicted molar refractivity (Wildman–Crippen MR) is 183 cm³/mol. The number of nitrogens with one attached hydrogen (secondary N) is 1. The maximum absolute atomic E-state index is 12.1. The fourth-order valence-electron chi connectivity index (χ4n) is 6.95. The molecule has 0 bridgehead atoms. The minimum Gasteiger partial charge on any atom is -0.392 e. The van der Waals surface area contributed by atoms with Crippen LogP contribution in [0.4, 0.5) is 0 Å². The first kappa shape index (κ1) is 33.7.